The number of hydrogen-bond acceptors (Lipinski definition) is 4. The number of rotatable bonds is 11. The average Bonchev–Trinajstić information content (AvgIpc) is 3.01. The van der Waals surface area contributed by atoms with Crippen LogP contribution in [0.1, 0.15) is 64.4 Å². The summed E-state index contributed by atoms with van der Waals surface area (Å²) < 4.78 is 75.5. The standard InChI is InChI=1S/C35H40F4O4/c1-3-5-21-7-12-26(13-8-21)43-35(40)25-11-10-23-18-22(6-9-24(23)19-25)20-42-30-17-15-28(32(37)34(30)39)27-14-16-29(41-4-2)33(38)31(27)36/h7-8,12-17,22-25,35,40H,3-6,9-11,18-20H2,1-2H3. The van der Waals surface area contributed by atoms with Crippen molar-refractivity contribution >= 4 is 0 Å². The Kier molecular flexibility index (Phi) is 10.2. The fourth-order valence-electron chi connectivity index (χ4n) is 6.76. The van der Waals surface area contributed by atoms with E-state index in [2.05, 4.69) is 6.92 Å². The molecular weight excluding hydrogens is 560 g/mol. The van der Waals surface area contributed by atoms with Gasteiger partial charge in [-0.25, -0.2) is 8.78 Å². The van der Waals surface area contributed by atoms with Crippen molar-refractivity contribution in [3.63, 3.8) is 0 Å². The van der Waals surface area contributed by atoms with E-state index in [1.54, 1.807) is 6.92 Å². The van der Waals surface area contributed by atoms with E-state index in [0.29, 0.717) is 17.6 Å². The second kappa shape index (κ2) is 14.0. The van der Waals surface area contributed by atoms with Crippen molar-refractivity contribution in [1.29, 1.82) is 0 Å². The molecule has 0 aliphatic heterocycles. The molecule has 3 aromatic carbocycles. The van der Waals surface area contributed by atoms with Gasteiger partial charge in [0.25, 0.3) is 0 Å². The fourth-order valence-corrected chi connectivity index (χ4v) is 6.76. The molecule has 2 aliphatic carbocycles. The van der Waals surface area contributed by atoms with Gasteiger partial charge < -0.3 is 19.3 Å². The molecule has 0 radical (unpaired) electrons. The molecule has 0 aromatic heterocycles. The summed E-state index contributed by atoms with van der Waals surface area (Å²) in [5.41, 5.74) is 0.478. The topological polar surface area (TPSA) is 47.9 Å². The first-order valence-corrected chi connectivity index (χ1v) is 15.4. The molecule has 0 heterocycles. The summed E-state index contributed by atoms with van der Waals surface area (Å²) in [6.07, 6.45) is 6.80. The third-order valence-corrected chi connectivity index (χ3v) is 9.04. The molecule has 5 unspecified atom stereocenters. The smallest absolute Gasteiger partial charge is 0.201 e. The highest BCUT2D eigenvalue weighted by molar-refractivity contribution is 5.67. The van der Waals surface area contributed by atoms with Gasteiger partial charge >= 0.3 is 0 Å². The van der Waals surface area contributed by atoms with Crippen LogP contribution in [-0.2, 0) is 6.42 Å². The third kappa shape index (κ3) is 7.11. The molecule has 5 rings (SSSR count). The summed E-state index contributed by atoms with van der Waals surface area (Å²) in [5.74, 6) is -3.68. The van der Waals surface area contributed by atoms with Crippen molar-refractivity contribution in [3.8, 4) is 28.4 Å². The van der Waals surface area contributed by atoms with Crippen molar-refractivity contribution < 1.29 is 36.9 Å². The molecular formula is C35H40F4O4. The number of aryl methyl sites for hydroxylation is 1. The molecule has 1 N–H and O–H groups in total. The van der Waals surface area contributed by atoms with Crippen LogP contribution in [0.3, 0.4) is 0 Å². The predicted octanol–water partition coefficient (Wildman–Crippen LogP) is 8.87. The minimum absolute atomic E-state index is 0.0774. The Bertz CT molecular complexity index is 1380. The predicted molar refractivity (Wildman–Crippen MR) is 157 cm³/mol. The maximum atomic E-state index is 15.0. The normalized spacial score (nSPS) is 22.5. The molecule has 8 heteroatoms. The van der Waals surface area contributed by atoms with Crippen LogP contribution in [0.25, 0.3) is 11.1 Å². The Labute approximate surface area is 251 Å². The van der Waals surface area contributed by atoms with E-state index in [-0.39, 0.29) is 42.1 Å². The molecule has 2 fully saturated rings. The first kappa shape index (κ1) is 31.2. The number of aliphatic hydroxyl groups is 1. The van der Waals surface area contributed by atoms with Crippen LogP contribution in [0.5, 0.6) is 17.2 Å². The van der Waals surface area contributed by atoms with E-state index in [1.165, 1.54) is 29.8 Å². The van der Waals surface area contributed by atoms with Crippen LogP contribution < -0.4 is 14.2 Å². The van der Waals surface area contributed by atoms with Crippen molar-refractivity contribution in [2.45, 2.75) is 71.5 Å². The molecule has 5 atom stereocenters. The van der Waals surface area contributed by atoms with Gasteiger partial charge in [-0.2, -0.15) is 8.78 Å². The van der Waals surface area contributed by atoms with E-state index >= 15 is 0 Å². The minimum Gasteiger partial charge on any atom is -0.491 e. The lowest BCUT2D eigenvalue weighted by Gasteiger charge is -2.43. The number of benzene rings is 3. The number of ether oxygens (including phenoxy) is 3. The number of hydrogen-bond donors (Lipinski definition) is 1. The van der Waals surface area contributed by atoms with Gasteiger partial charge in [-0.1, -0.05) is 25.5 Å². The highest BCUT2D eigenvalue weighted by Crippen LogP contribution is 2.46. The molecule has 0 amide bonds. The molecule has 2 saturated carbocycles. The van der Waals surface area contributed by atoms with Gasteiger partial charge in [0, 0.05) is 17.0 Å². The SMILES string of the molecule is CCCc1ccc(OC(O)C2CCC3CC(COc4ccc(-c5ccc(OCC)c(F)c5F)c(F)c4F)CCC3C2)cc1. The van der Waals surface area contributed by atoms with E-state index < -0.39 is 35.1 Å². The fraction of sp³-hybridized carbons (Fsp3) is 0.486. The Hall–Kier alpha value is -3.26. The Morgan fingerprint density at radius 2 is 1.33 bits per heavy atom. The van der Waals surface area contributed by atoms with E-state index in [9.17, 15) is 22.7 Å². The lowest BCUT2D eigenvalue weighted by Crippen LogP contribution is -2.38. The number of halogens is 4. The zero-order valence-electron chi connectivity index (χ0n) is 24.8. The molecule has 4 nitrogen and oxygen atoms in total. The Balaban J connectivity index is 1.14. The molecule has 232 valence electrons. The van der Waals surface area contributed by atoms with Crippen LogP contribution >= 0.6 is 0 Å². The minimum atomic E-state index is -1.30. The van der Waals surface area contributed by atoms with Crippen molar-refractivity contribution in [3.05, 3.63) is 77.4 Å². The van der Waals surface area contributed by atoms with Crippen LogP contribution in [0.4, 0.5) is 17.6 Å². The monoisotopic (exact) mass is 600 g/mol. The first-order chi connectivity index (χ1) is 20.8. The van der Waals surface area contributed by atoms with Crippen LogP contribution in [-0.4, -0.2) is 24.6 Å². The zero-order valence-corrected chi connectivity index (χ0v) is 24.8. The summed E-state index contributed by atoms with van der Waals surface area (Å²) >= 11 is 0. The number of fused-ring (bicyclic) bond motifs is 1. The second-order valence-electron chi connectivity index (χ2n) is 11.9. The average molecular weight is 601 g/mol. The summed E-state index contributed by atoms with van der Waals surface area (Å²) in [7, 11) is 0. The first-order valence-electron chi connectivity index (χ1n) is 15.4. The van der Waals surface area contributed by atoms with E-state index in [1.807, 2.05) is 24.3 Å². The quantitative estimate of drug-likeness (QED) is 0.176. The second-order valence-corrected chi connectivity index (χ2v) is 11.9. The Morgan fingerprint density at radius 3 is 1.95 bits per heavy atom. The molecule has 43 heavy (non-hydrogen) atoms. The summed E-state index contributed by atoms with van der Waals surface area (Å²) in [6.45, 7) is 4.16. The van der Waals surface area contributed by atoms with Gasteiger partial charge in [-0.05, 0) is 112 Å². The molecule has 0 spiro atoms. The van der Waals surface area contributed by atoms with Gasteiger partial charge in [-0.3, -0.25) is 0 Å². The largest absolute Gasteiger partial charge is 0.491 e. The van der Waals surface area contributed by atoms with Crippen LogP contribution in [0.15, 0.2) is 48.5 Å². The van der Waals surface area contributed by atoms with Crippen molar-refractivity contribution in [2.75, 3.05) is 13.2 Å². The van der Waals surface area contributed by atoms with E-state index in [0.717, 1.165) is 51.4 Å². The summed E-state index contributed by atoms with van der Waals surface area (Å²) in [5, 5.41) is 10.8. The maximum Gasteiger partial charge on any atom is 0.201 e. The van der Waals surface area contributed by atoms with Crippen molar-refractivity contribution in [1.82, 2.24) is 0 Å². The van der Waals surface area contributed by atoms with Crippen LogP contribution in [0.2, 0.25) is 0 Å². The van der Waals surface area contributed by atoms with Gasteiger partial charge in [0.2, 0.25) is 11.6 Å². The van der Waals surface area contributed by atoms with Crippen molar-refractivity contribution in [2.24, 2.45) is 23.7 Å². The summed E-state index contributed by atoms with van der Waals surface area (Å²) in [4.78, 5) is 0. The highest BCUT2D eigenvalue weighted by Gasteiger charge is 2.38. The molecule has 0 saturated heterocycles. The zero-order chi connectivity index (χ0) is 30.5. The lowest BCUT2D eigenvalue weighted by atomic mass is 9.65. The van der Waals surface area contributed by atoms with Gasteiger partial charge in [0.05, 0.1) is 13.2 Å². The van der Waals surface area contributed by atoms with Gasteiger partial charge in [0.15, 0.2) is 29.4 Å². The van der Waals surface area contributed by atoms with Gasteiger partial charge in [-0.15, -0.1) is 0 Å². The number of aliphatic hydroxyl groups excluding tert-OH is 1. The van der Waals surface area contributed by atoms with E-state index in [4.69, 9.17) is 14.2 Å². The third-order valence-electron chi connectivity index (χ3n) is 9.04. The summed E-state index contributed by atoms with van der Waals surface area (Å²) in [6, 6.07) is 12.8. The molecule has 2 aliphatic rings. The van der Waals surface area contributed by atoms with Gasteiger partial charge in [0.1, 0.15) is 5.75 Å². The van der Waals surface area contributed by atoms with Crippen LogP contribution in [0, 0.1) is 46.9 Å². The molecule has 0 bridgehead atoms. The lowest BCUT2D eigenvalue weighted by molar-refractivity contribution is -0.0895. The highest BCUT2D eigenvalue weighted by atomic mass is 19.2. The maximum absolute atomic E-state index is 15.0. The molecule has 3 aromatic rings. The Morgan fingerprint density at radius 1 is 0.721 bits per heavy atom.